The molecule has 0 saturated carbocycles. The lowest BCUT2D eigenvalue weighted by atomic mass is 9.99. The number of amides is 1. The molecule has 4 nitrogen and oxygen atoms in total. The first-order chi connectivity index (χ1) is 10.8. The summed E-state index contributed by atoms with van der Waals surface area (Å²) in [4.78, 5) is 18.7. The lowest BCUT2D eigenvalue weighted by Crippen LogP contribution is -2.40. The number of nitrogens with zero attached hydrogens (tertiary/aromatic N) is 3. The third-order valence-electron chi connectivity index (χ3n) is 4.13. The van der Waals surface area contributed by atoms with Gasteiger partial charge in [0.05, 0.1) is 6.33 Å². The molecule has 1 fully saturated rings. The number of carbonyl (C=O) groups is 1. The van der Waals surface area contributed by atoms with Crippen molar-refractivity contribution in [1.82, 2.24) is 14.5 Å². The van der Waals surface area contributed by atoms with Gasteiger partial charge in [-0.1, -0.05) is 0 Å². The number of piperidine rings is 1. The van der Waals surface area contributed by atoms with E-state index in [4.69, 9.17) is 0 Å². The lowest BCUT2D eigenvalue weighted by Gasteiger charge is -2.32. The van der Waals surface area contributed by atoms with E-state index < -0.39 is 0 Å². The van der Waals surface area contributed by atoms with Crippen molar-refractivity contribution < 1.29 is 4.79 Å². The molecule has 1 aromatic heterocycles. The van der Waals surface area contributed by atoms with E-state index >= 15 is 0 Å². The maximum absolute atomic E-state index is 12.6. The molecule has 0 aliphatic carbocycles. The molecule has 1 aliphatic heterocycles. The van der Waals surface area contributed by atoms with Crippen molar-refractivity contribution in [2.75, 3.05) is 25.1 Å². The van der Waals surface area contributed by atoms with Gasteiger partial charge in [-0.15, -0.1) is 0 Å². The molecule has 3 rings (SSSR count). The Labute approximate surface area is 135 Å². The summed E-state index contributed by atoms with van der Waals surface area (Å²) in [5, 5.41) is 0. The molecule has 22 heavy (non-hydrogen) atoms. The van der Waals surface area contributed by atoms with Crippen molar-refractivity contribution >= 4 is 17.7 Å². The van der Waals surface area contributed by atoms with Gasteiger partial charge in [0.15, 0.2) is 0 Å². The van der Waals surface area contributed by atoms with E-state index in [0.717, 1.165) is 36.5 Å². The van der Waals surface area contributed by atoms with Crippen LogP contribution in [0.1, 0.15) is 23.2 Å². The Morgan fingerprint density at radius 1 is 1.36 bits per heavy atom. The molecule has 0 unspecified atom stereocenters. The summed E-state index contributed by atoms with van der Waals surface area (Å²) >= 11 is 1.87. The third-order valence-corrected chi connectivity index (χ3v) is 4.93. The molecular formula is C17H21N3OS. The second-order valence-corrected chi connectivity index (χ2v) is 6.64. The van der Waals surface area contributed by atoms with E-state index in [0.29, 0.717) is 5.92 Å². The van der Waals surface area contributed by atoms with E-state index in [1.54, 1.807) is 12.5 Å². The number of rotatable bonds is 4. The van der Waals surface area contributed by atoms with Crippen LogP contribution >= 0.6 is 11.8 Å². The third kappa shape index (κ3) is 3.35. The topological polar surface area (TPSA) is 38.1 Å². The monoisotopic (exact) mass is 315 g/mol. The van der Waals surface area contributed by atoms with Crippen molar-refractivity contribution in [2.45, 2.75) is 12.8 Å². The molecule has 1 aliphatic rings. The summed E-state index contributed by atoms with van der Waals surface area (Å²) in [6.07, 6.45) is 9.89. The number of likely N-dealkylation sites (tertiary alicyclic amines) is 1. The van der Waals surface area contributed by atoms with Crippen LogP contribution in [0.15, 0.2) is 43.0 Å². The highest BCUT2D eigenvalue weighted by Gasteiger charge is 2.24. The molecule has 1 aromatic carbocycles. The van der Waals surface area contributed by atoms with E-state index in [9.17, 15) is 4.79 Å². The molecule has 0 radical (unpaired) electrons. The molecule has 2 aromatic rings. The highest BCUT2D eigenvalue weighted by Crippen LogP contribution is 2.21. The highest BCUT2D eigenvalue weighted by molar-refractivity contribution is 7.98. The van der Waals surface area contributed by atoms with Gasteiger partial charge < -0.3 is 9.47 Å². The Morgan fingerprint density at radius 2 is 2.18 bits per heavy atom. The number of hydrogen-bond acceptors (Lipinski definition) is 3. The first kappa shape index (κ1) is 15.2. The molecular weight excluding hydrogens is 294 g/mol. The molecule has 1 amide bonds. The Morgan fingerprint density at radius 3 is 2.86 bits per heavy atom. The second-order valence-electron chi connectivity index (χ2n) is 5.73. The first-order valence-corrected chi connectivity index (χ1v) is 9.04. The van der Waals surface area contributed by atoms with E-state index in [2.05, 4.69) is 11.2 Å². The SMILES string of the molecule is CSC[C@@H]1CCCN(C(=O)c2ccc(-n3ccnc3)cc2)C1. The van der Waals surface area contributed by atoms with Crippen LogP contribution in [0.25, 0.3) is 5.69 Å². The minimum atomic E-state index is 0.156. The van der Waals surface area contributed by atoms with Gasteiger partial charge in [0.25, 0.3) is 5.91 Å². The van der Waals surface area contributed by atoms with Gasteiger partial charge in [-0.2, -0.15) is 11.8 Å². The fourth-order valence-electron chi connectivity index (χ4n) is 2.99. The number of carbonyl (C=O) groups excluding carboxylic acids is 1. The number of thioether (sulfide) groups is 1. The summed E-state index contributed by atoms with van der Waals surface area (Å²) in [6, 6.07) is 7.77. The van der Waals surface area contributed by atoms with Crippen LogP contribution in [-0.2, 0) is 0 Å². The first-order valence-electron chi connectivity index (χ1n) is 7.64. The van der Waals surface area contributed by atoms with Crippen molar-refractivity contribution in [1.29, 1.82) is 0 Å². The lowest BCUT2D eigenvalue weighted by molar-refractivity contribution is 0.0685. The van der Waals surface area contributed by atoms with Crippen molar-refractivity contribution in [3.63, 3.8) is 0 Å². The Balaban J connectivity index is 1.69. The summed E-state index contributed by atoms with van der Waals surface area (Å²) < 4.78 is 1.93. The predicted octanol–water partition coefficient (Wildman–Crippen LogP) is 3.09. The Kier molecular flexibility index (Phi) is 4.83. The van der Waals surface area contributed by atoms with Crippen LogP contribution in [0, 0.1) is 5.92 Å². The Bertz CT molecular complexity index is 607. The van der Waals surface area contributed by atoms with Crippen LogP contribution in [0.5, 0.6) is 0 Å². The zero-order chi connectivity index (χ0) is 15.4. The van der Waals surface area contributed by atoms with Gasteiger partial charge in [-0.05, 0) is 55.0 Å². The number of benzene rings is 1. The number of aromatic nitrogens is 2. The highest BCUT2D eigenvalue weighted by atomic mass is 32.2. The smallest absolute Gasteiger partial charge is 0.253 e. The molecule has 0 spiro atoms. The van der Waals surface area contributed by atoms with Crippen LogP contribution in [0.4, 0.5) is 0 Å². The van der Waals surface area contributed by atoms with E-state index in [1.807, 2.05) is 51.7 Å². The van der Waals surface area contributed by atoms with Gasteiger partial charge >= 0.3 is 0 Å². The Hall–Kier alpha value is -1.75. The van der Waals surface area contributed by atoms with Crippen LogP contribution < -0.4 is 0 Å². The molecule has 1 atom stereocenters. The summed E-state index contributed by atoms with van der Waals surface area (Å²) in [7, 11) is 0. The normalized spacial score (nSPS) is 18.4. The van der Waals surface area contributed by atoms with E-state index in [1.165, 1.54) is 6.42 Å². The average Bonchev–Trinajstić information content (AvgIpc) is 3.09. The fourth-order valence-corrected chi connectivity index (χ4v) is 3.74. The predicted molar refractivity (Wildman–Crippen MR) is 90.6 cm³/mol. The molecule has 0 bridgehead atoms. The van der Waals surface area contributed by atoms with Gasteiger partial charge in [-0.25, -0.2) is 4.98 Å². The molecule has 5 heteroatoms. The molecule has 2 heterocycles. The van der Waals surface area contributed by atoms with Crippen molar-refractivity contribution in [2.24, 2.45) is 5.92 Å². The largest absolute Gasteiger partial charge is 0.338 e. The van der Waals surface area contributed by atoms with Crippen molar-refractivity contribution in [3.05, 3.63) is 48.5 Å². The van der Waals surface area contributed by atoms with Gasteiger partial charge in [0.2, 0.25) is 0 Å². The maximum atomic E-state index is 12.6. The van der Waals surface area contributed by atoms with Crippen LogP contribution in [0.2, 0.25) is 0 Å². The van der Waals surface area contributed by atoms with Gasteiger partial charge in [0, 0.05) is 36.7 Å². The zero-order valence-corrected chi connectivity index (χ0v) is 13.6. The number of imidazole rings is 1. The molecule has 0 N–H and O–H groups in total. The quantitative estimate of drug-likeness (QED) is 0.870. The minimum Gasteiger partial charge on any atom is -0.338 e. The zero-order valence-electron chi connectivity index (χ0n) is 12.8. The summed E-state index contributed by atoms with van der Waals surface area (Å²) in [5.74, 6) is 1.93. The minimum absolute atomic E-state index is 0.156. The summed E-state index contributed by atoms with van der Waals surface area (Å²) in [5.41, 5.74) is 1.79. The van der Waals surface area contributed by atoms with Gasteiger partial charge in [0.1, 0.15) is 0 Å². The molecule has 116 valence electrons. The maximum Gasteiger partial charge on any atom is 0.253 e. The number of hydrogen-bond donors (Lipinski definition) is 0. The van der Waals surface area contributed by atoms with Gasteiger partial charge in [-0.3, -0.25) is 4.79 Å². The average molecular weight is 315 g/mol. The van der Waals surface area contributed by atoms with Crippen LogP contribution in [0.3, 0.4) is 0 Å². The van der Waals surface area contributed by atoms with E-state index in [-0.39, 0.29) is 5.91 Å². The van der Waals surface area contributed by atoms with Crippen LogP contribution in [-0.4, -0.2) is 45.5 Å². The van der Waals surface area contributed by atoms with Crippen molar-refractivity contribution in [3.8, 4) is 5.69 Å². The standard InChI is InChI=1S/C17H21N3OS/c1-22-12-14-3-2-9-19(11-14)17(21)15-4-6-16(7-5-15)20-10-8-18-13-20/h4-8,10,13-14H,2-3,9,11-12H2,1H3/t14-/m1/s1. The molecule has 1 saturated heterocycles. The summed E-state index contributed by atoms with van der Waals surface area (Å²) in [6.45, 7) is 1.77. The second kappa shape index (κ2) is 7.01. The fraction of sp³-hybridized carbons (Fsp3) is 0.412.